The van der Waals surface area contributed by atoms with Gasteiger partial charge in [0.25, 0.3) is 0 Å². The quantitative estimate of drug-likeness (QED) is 0.651. The molecular weight excluding hydrogens is 218 g/mol. The van der Waals surface area contributed by atoms with E-state index in [1.807, 2.05) is 0 Å². The zero-order valence-corrected chi connectivity index (χ0v) is 9.54. The minimum Gasteiger partial charge on any atom is -0.507 e. The van der Waals surface area contributed by atoms with Crippen molar-refractivity contribution in [2.45, 2.75) is 25.3 Å². The number of hydrogen-bond acceptors (Lipinski definition) is 3. The van der Waals surface area contributed by atoms with Gasteiger partial charge in [-0.2, -0.15) is 0 Å². The van der Waals surface area contributed by atoms with Gasteiger partial charge in [-0.05, 0) is 31.4 Å². The maximum absolute atomic E-state index is 10.3. The maximum atomic E-state index is 10.3. The van der Waals surface area contributed by atoms with Gasteiger partial charge in [-0.25, -0.2) is 4.79 Å². The summed E-state index contributed by atoms with van der Waals surface area (Å²) >= 11 is 0. The van der Waals surface area contributed by atoms with Crippen LogP contribution >= 0.6 is 0 Å². The fraction of sp³-hybridized carbons (Fsp3) is 0.308. The van der Waals surface area contributed by atoms with Gasteiger partial charge in [0, 0.05) is 6.04 Å². The van der Waals surface area contributed by atoms with Gasteiger partial charge in [0.2, 0.25) is 0 Å². The number of carboxylic acid groups (broad SMARTS) is 1. The number of aromatic carboxylic acids is 1. The van der Waals surface area contributed by atoms with E-state index in [9.17, 15) is 4.79 Å². The molecule has 1 atom stereocenters. The van der Waals surface area contributed by atoms with Crippen molar-refractivity contribution < 1.29 is 15.0 Å². The summed E-state index contributed by atoms with van der Waals surface area (Å²) in [5.41, 5.74) is 5.52. The Morgan fingerprint density at radius 1 is 1.29 bits per heavy atom. The van der Waals surface area contributed by atoms with Gasteiger partial charge in [-0.1, -0.05) is 24.3 Å². The van der Waals surface area contributed by atoms with E-state index in [0.29, 0.717) is 6.04 Å². The fourth-order valence-corrected chi connectivity index (χ4v) is 1.47. The molecule has 1 aliphatic carbocycles. The Bertz CT molecular complexity index is 401. The lowest BCUT2D eigenvalue weighted by Gasteiger charge is -2.09. The first-order chi connectivity index (χ1) is 8.11. The highest BCUT2D eigenvalue weighted by Gasteiger charge is 2.05. The third kappa shape index (κ3) is 4.70. The predicted octanol–water partition coefficient (Wildman–Crippen LogP) is 2.14. The average Bonchev–Trinajstić information content (AvgIpc) is 2.31. The molecule has 0 radical (unpaired) electrons. The minimum atomic E-state index is -1.11. The van der Waals surface area contributed by atoms with Crippen molar-refractivity contribution >= 4 is 5.97 Å². The van der Waals surface area contributed by atoms with E-state index in [1.54, 1.807) is 12.1 Å². The van der Waals surface area contributed by atoms with Crippen molar-refractivity contribution in [2.24, 2.45) is 5.73 Å². The molecule has 1 aromatic rings. The van der Waals surface area contributed by atoms with Crippen LogP contribution in [0.15, 0.2) is 36.4 Å². The molecule has 92 valence electrons. The topological polar surface area (TPSA) is 83.6 Å². The van der Waals surface area contributed by atoms with Crippen molar-refractivity contribution in [3.63, 3.8) is 0 Å². The van der Waals surface area contributed by atoms with E-state index >= 15 is 0 Å². The summed E-state index contributed by atoms with van der Waals surface area (Å²) in [5, 5.41) is 17.3. The molecule has 0 bridgehead atoms. The summed E-state index contributed by atoms with van der Waals surface area (Å²) in [7, 11) is 0. The lowest BCUT2D eigenvalue weighted by Crippen LogP contribution is -2.19. The molecule has 1 aliphatic rings. The molecule has 0 spiro atoms. The Morgan fingerprint density at radius 2 is 2.00 bits per heavy atom. The van der Waals surface area contributed by atoms with Gasteiger partial charge in [0.15, 0.2) is 0 Å². The monoisotopic (exact) mass is 235 g/mol. The molecule has 0 amide bonds. The van der Waals surface area contributed by atoms with Crippen LogP contribution in [-0.2, 0) is 0 Å². The molecule has 1 aromatic carbocycles. The Labute approximate surface area is 100 Å². The van der Waals surface area contributed by atoms with Crippen LogP contribution in [0.2, 0.25) is 0 Å². The van der Waals surface area contributed by atoms with Crippen molar-refractivity contribution in [3.8, 4) is 5.75 Å². The third-order valence-corrected chi connectivity index (χ3v) is 2.44. The molecule has 2 rings (SSSR count). The Morgan fingerprint density at radius 3 is 2.35 bits per heavy atom. The van der Waals surface area contributed by atoms with E-state index in [4.69, 9.17) is 15.9 Å². The van der Waals surface area contributed by atoms with E-state index in [2.05, 4.69) is 12.2 Å². The highest BCUT2D eigenvalue weighted by atomic mass is 16.4. The molecule has 0 fully saturated rings. The maximum Gasteiger partial charge on any atom is 0.339 e. The molecule has 1 unspecified atom stereocenters. The Kier molecular flexibility index (Phi) is 5.23. The number of carboxylic acids is 1. The minimum absolute atomic E-state index is 0.0671. The molecule has 0 aromatic heterocycles. The molecule has 17 heavy (non-hydrogen) atoms. The van der Waals surface area contributed by atoms with Crippen LogP contribution < -0.4 is 5.73 Å². The Balaban J connectivity index is 0.000000181. The molecule has 4 N–H and O–H groups in total. The summed E-state index contributed by atoms with van der Waals surface area (Å²) in [4.78, 5) is 10.3. The zero-order valence-electron chi connectivity index (χ0n) is 9.54. The number of hydrogen-bond donors (Lipinski definition) is 3. The lowest BCUT2D eigenvalue weighted by atomic mass is 10.0. The van der Waals surface area contributed by atoms with Crippen molar-refractivity contribution in [2.75, 3.05) is 0 Å². The number of carbonyl (C=O) groups is 1. The molecule has 0 heterocycles. The summed E-state index contributed by atoms with van der Waals surface area (Å²) in [5.74, 6) is -1.31. The van der Waals surface area contributed by atoms with Gasteiger partial charge in [-0.3, -0.25) is 0 Å². The molecule has 4 heteroatoms. The molecule has 0 aliphatic heterocycles. The van der Waals surface area contributed by atoms with E-state index in [1.165, 1.54) is 25.0 Å². The van der Waals surface area contributed by atoms with Crippen LogP contribution in [-0.4, -0.2) is 22.2 Å². The van der Waals surface area contributed by atoms with Gasteiger partial charge in [0.1, 0.15) is 11.3 Å². The smallest absolute Gasteiger partial charge is 0.339 e. The van der Waals surface area contributed by atoms with Crippen LogP contribution in [0.3, 0.4) is 0 Å². The normalized spacial score (nSPS) is 18.1. The number of rotatable bonds is 1. The van der Waals surface area contributed by atoms with Crippen LogP contribution in [0.5, 0.6) is 5.75 Å². The van der Waals surface area contributed by atoms with E-state index in [0.717, 1.165) is 6.42 Å². The number of benzene rings is 1. The lowest BCUT2D eigenvalue weighted by molar-refractivity contribution is 0.0694. The van der Waals surface area contributed by atoms with Crippen LogP contribution in [0.4, 0.5) is 0 Å². The van der Waals surface area contributed by atoms with Crippen LogP contribution in [0, 0.1) is 0 Å². The van der Waals surface area contributed by atoms with Crippen molar-refractivity contribution in [1.82, 2.24) is 0 Å². The van der Waals surface area contributed by atoms with Crippen LogP contribution in [0.25, 0.3) is 0 Å². The van der Waals surface area contributed by atoms with Gasteiger partial charge in [0.05, 0.1) is 0 Å². The first-order valence-corrected chi connectivity index (χ1v) is 5.53. The SMILES string of the molecule is NC1CC=CCC1.O=C(O)c1ccccc1O. The second-order valence-electron chi connectivity index (χ2n) is 3.87. The largest absolute Gasteiger partial charge is 0.507 e. The van der Waals surface area contributed by atoms with Crippen molar-refractivity contribution in [3.05, 3.63) is 42.0 Å². The van der Waals surface area contributed by atoms with E-state index < -0.39 is 5.97 Å². The Hall–Kier alpha value is -1.81. The first kappa shape index (κ1) is 13.3. The number of nitrogens with two attached hydrogens (primary N) is 1. The number of phenols is 1. The fourth-order valence-electron chi connectivity index (χ4n) is 1.47. The third-order valence-electron chi connectivity index (χ3n) is 2.44. The number of aromatic hydroxyl groups is 1. The summed E-state index contributed by atoms with van der Waals surface area (Å²) < 4.78 is 0. The number of para-hydroxylation sites is 1. The van der Waals surface area contributed by atoms with Crippen LogP contribution in [0.1, 0.15) is 29.6 Å². The molecular formula is C13H17NO3. The van der Waals surface area contributed by atoms with Crippen molar-refractivity contribution in [1.29, 1.82) is 0 Å². The first-order valence-electron chi connectivity index (χ1n) is 5.53. The summed E-state index contributed by atoms with van der Waals surface area (Å²) in [6.45, 7) is 0. The zero-order chi connectivity index (χ0) is 12.7. The summed E-state index contributed by atoms with van der Waals surface area (Å²) in [6, 6.07) is 6.26. The van der Waals surface area contributed by atoms with E-state index in [-0.39, 0.29) is 11.3 Å². The highest BCUT2D eigenvalue weighted by Crippen LogP contribution is 2.14. The second kappa shape index (κ2) is 6.70. The molecule has 4 nitrogen and oxygen atoms in total. The van der Waals surface area contributed by atoms with Gasteiger partial charge >= 0.3 is 5.97 Å². The van der Waals surface area contributed by atoms with Gasteiger partial charge < -0.3 is 15.9 Å². The second-order valence-corrected chi connectivity index (χ2v) is 3.87. The predicted molar refractivity (Wildman–Crippen MR) is 66.0 cm³/mol. The highest BCUT2D eigenvalue weighted by molar-refractivity contribution is 5.90. The molecule has 0 saturated carbocycles. The summed E-state index contributed by atoms with van der Waals surface area (Å²) in [6.07, 6.45) is 7.80. The number of allylic oxidation sites excluding steroid dienone is 1. The molecule has 0 saturated heterocycles. The van der Waals surface area contributed by atoms with Gasteiger partial charge in [-0.15, -0.1) is 0 Å². The standard InChI is InChI=1S/C7H6O3.C6H11N/c8-6-4-2-1-3-5(6)7(9)10;7-6-4-2-1-3-5-6/h1-4,8H,(H,9,10);1-2,6H,3-5,7H2. The average molecular weight is 235 g/mol.